The summed E-state index contributed by atoms with van der Waals surface area (Å²) in [7, 11) is 3.35. The molecule has 1 fully saturated rings. The van der Waals surface area contributed by atoms with Gasteiger partial charge in [-0.1, -0.05) is 19.1 Å². The van der Waals surface area contributed by atoms with E-state index >= 15 is 0 Å². The van der Waals surface area contributed by atoms with Crippen LogP contribution in [0.4, 0.5) is 0 Å². The Hall–Kier alpha value is -2.64. The minimum absolute atomic E-state index is 0.0427. The zero-order valence-corrected chi connectivity index (χ0v) is 17.6. The van der Waals surface area contributed by atoms with Crippen LogP contribution in [0.1, 0.15) is 24.0 Å². The van der Waals surface area contributed by atoms with Crippen LogP contribution in [0.25, 0.3) is 0 Å². The Balaban J connectivity index is 1.65. The molecule has 3 heterocycles. The predicted octanol–water partition coefficient (Wildman–Crippen LogP) is 3.25. The van der Waals surface area contributed by atoms with Gasteiger partial charge in [-0.15, -0.1) is 0 Å². The summed E-state index contributed by atoms with van der Waals surface area (Å²) in [5.74, 6) is 3.98. The van der Waals surface area contributed by atoms with Gasteiger partial charge in [0.05, 0.1) is 27.4 Å². The molecule has 160 valence electrons. The van der Waals surface area contributed by atoms with E-state index in [1.807, 2.05) is 24.3 Å². The van der Waals surface area contributed by atoms with Gasteiger partial charge in [-0.3, -0.25) is 4.90 Å². The van der Waals surface area contributed by atoms with Crippen molar-refractivity contribution in [2.75, 3.05) is 47.3 Å². The van der Waals surface area contributed by atoms with Gasteiger partial charge in [0, 0.05) is 42.1 Å². The lowest BCUT2D eigenvalue weighted by molar-refractivity contribution is -0.0785. The van der Waals surface area contributed by atoms with E-state index in [2.05, 4.69) is 17.9 Å². The summed E-state index contributed by atoms with van der Waals surface area (Å²) in [6, 6.07) is 10.0. The molecule has 1 saturated heterocycles. The number of methoxy groups -OCH3 is 2. The van der Waals surface area contributed by atoms with E-state index in [0.29, 0.717) is 13.2 Å². The van der Waals surface area contributed by atoms with E-state index in [9.17, 15) is 0 Å². The van der Waals surface area contributed by atoms with Gasteiger partial charge < -0.3 is 28.4 Å². The predicted molar refractivity (Wildman–Crippen MR) is 110 cm³/mol. The molecule has 5 rings (SSSR count). The van der Waals surface area contributed by atoms with E-state index in [1.165, 1.54) is 0 Å². The number of morpholine rings is 1. The van der Waals surface area contributed by atoms with Crippen molar-refractivity contribution in [3.63, 3.8) is 0 Å². The second kappa shape index (κ2) is 7.89. The highest BCUT2D eigenvalue weighted by Gasteiger charge is 2.42. The Morgan fingerprint density at radius 2 is 1.70 bits per heavy atom. The number of ether oxygens (including phenoxy) is 6. The molecule has 0 radical (unpaired) electrons. The first-order valence-electron chi connectivity index (χ1n) is 10.3. The Morgan fingerprint density at radius 1 is 0.933 bits per heavy atom. The number of nitrogens with zero attached hydrogens (tertiary/aromatic N) is 1. The Bertz CT molecular complexity index is 926. The second-order valence-electron chi connectivity index (χ2n) is 7.82. The third-order valence-corrected chi connectivity index (χ3v) is 6.24. The molecule has 2 aromatic rings. The molecule has 3 aliphatic rings. The van der Waals surface area contributed by atoms with E-state index in [0.717, 1.165) is 53.0 Å². The van der Waals surface area contributed by atoms with Crippen LogP contribution in [0.2, 0.25) is 0 Å². The smallest absolute Gasteiger partial charge is 0.231 e. The fourth-order valence-electron chi connectivity index (χ4n) is 4.82. The lowest BCUT2D eigenvalue weighted by Crippen LogP contribution is -2.52. The van der Waals surface area contributed by atoms with Gasteiger partial charge in [0.15, 0.2) is 29.2 Å². The number of fused-ring (bicyclic) bond motifs is 2. The molecule has 0 aromatic heterocycles. The molecular formula is C23H27NO6. The molecule has 0 spiro atoms. The number of para-hydroxylation sites is 1. The van der Waals surface area contributed by atoms with E-state index in [1.54, 1.807) is 14.2 Å². The minimum atomic E-state index is -0.0809. The Labute approximate surface area is 176 Å². The fraction of sp³-hybridized carbons (Fsp3) is 0.478. The molecule has 2 aromatic carbocycles. The summed E-state index contributed by atoms with van der Waals surface area (Å²) in [4.78, 5) is 2.36. The molecular weight excluding hydrogens is 386 g/mol. The number of hydrogen-bond donors (Lipinski definition) is 0. The van der Waals surface area contributed by atoms with Crippen LogP contribution in [0, 0.1) is 5.92 Å². The molecule has 0 aliphatic carbocycles. The van der Waals surface area contributed by atoms with Crippen molar-refractivity contribution in [2.45, 2.75) is 19.1 Å². The van der Waals surface area contributed by atoms with Crippen molar-refractivity contribution in [3.8, 4) is 28.7 Å². The van der Waals surface area contributed by atoms with Gasteiger partial charge in [0.25, 0.3) is 0 Å². The van der Waals surface area contributed by atoms with Gasteiger partial charge in [0.2, 0.25) is 6.79 Å². The van der Waals surface area contributed by atoms with Gasteiger partial charge in [0.1, 0.15) is 5.75 Å². The highest BCUT2D eigenvalue weighted by molar-refractivity contribution is 5.59. The first kappa shape index (κ1) is 19.3. The van der Waals surface area contributed by atoms with Crippen molar-refractivity contribution in [3.05, 3.63) is 41.5 Å². The average molecular weight is 413 g/mol. The number of hydrogen-bond acceptors (Lipinski definition) is 7. The maximum Gasteiger partial charge on any atom is 0.231 e. The summed E-state index contributed by atoms with van der Waals surface area (Å²) in [6.45, 7) is 5.58. The molecule has 30 heavy (non-hydrogen) atoms. The second-order valence-corrected chi connectivity index (χ2v) is 7.82. The van der Waals surface area contributed by atoms with E-state index in [-0.39, 0.29) is 24.9 Å². The van der Waals surface area contributed by atoms with Crippen molar-refractivity contribution < 1.29 is 28.4 Å². The molecule has 0 saturated carbocycles. The molecule has 0 amide bonds. The van der Waals surface area contributed by atoms with Gasteiger partial charge >= 0.3 is 0 Å². The largest absolute Gasteiger partial charge is 0.493 e. The maximum absolute atomic E-state index is 6.55. The average Bonchev–Trinajstić information content (AvgIpc) is 3.24. The standard InChI is InChI=1S/C23H27NO6/c1-14-21(15-5-4-6-17(25-2)22(15)26-3)16-11-19-20(29-13-28-19)12-18(16)30-23(14)24-7-9-27-10-8-24/h4-6,11-12,14,21,23H,7-10,13H2,1-3H3/t14-,21+,23+/m1/s1. The SMILES string of the molecule is COc1cccc([C@H]2c3cc4c(cc3O[C@H](N3CCOCC3)[C@@H]2C)OCO4)c1OC. The summed E-state index contributed by atoms with van der Waals surface area (Å²) in [5, 5.41) is 0. The van der Waals surface area contributed by atoms with E-state index < -0.39 is 0 Å². The third kappa shape index (κ3) is 3.13. The molecule has 3 atom stereocenters. The van der Waals surface area contributed by atoms with Crippen LogP contribution in [0.5, 0.6) is 28.7 Å². The highest BCUT2D eigenvalue weighted by Crippen LogP contribution is 2.52. The Kier molecular flexibility index (Phi) is 5.08. The molecule has 0 bridgehead atoms. The van der Waals surface area contributed by atoms with Crippen LogP contribution < -0.4 is 23.7 Å². The molecule has 7 nitrogen and oxygen atoms in total. The van der Waals surface area contributed by atoms with Crippen molar-refractivity contribution in [1.82, 2.24) is 4.90 Å². The highest BCUT2D eigenvalue weighted by atomic mass is 16.7. The van der Waals surface area contributed by atoms with Crippen molar-refractivity contribution >= 4 is 0 Å². The normalized spacial score (nSPS) is 25.4. The molecule has 0 unspecified atom stereocenters. The molecule has 3 aliphatic heterocycles. The zero-order valence-electron chi connectivity index (χ0n) is 17.6. The third-order valence-electron chi connectivity index (χ3n) is 6.24. The maximum atomic E-state index is 6.55. The van der Waals surface area contributed by atoms with Crippen LogP contribution >= 0.6 is 0 Å². The van der Waals surface area contributed by atoms with Gasteiger partial charge in [-0.25, -0.2) is 0 Å². The first-order chi connectivity index (χ1) is 14.7. The fourth-order valence-corrected chi connectivity index (χ4v) is 4.82. The zero-order chi connectivity index (χ0) is 20.7. The summed E-state index contributed by atoms with van der Waals surface area (Å²) < 4.78 is 34.8. The summed E-state index contributed by atoms with van der Waals surface area (Å²) >= 11 is 0. The number of benzene rings is 2. The minimum Gasteiger partial charge on any atom is -0.493 e. The Morgan fingerprint density at radius 3 is 2.43 bits per heavy atom. The van der Waals surface area contributed by atoms with Gasteiger partial charge in [-0.05, 0) is 12.1 Å². The lowest BCUT2D eigenvalue weighted by atomic mass is 9.77. The van der Waals surface area contributed by atoms with Crippen LogP contribution in [-0.4, -0.2) is 58.4 Å². The molecule has 0 N–H and O–H groups in total. The summed E-state index contributed by atoms with van der Waals surface area (Å²) in [5.41, 5.74) is 2.15. The number of rotatable bonds is 4. The summed E-state index contributed by atoms with van der Waals surface area (Å²) in [6.07, 6.45) is -0.0809. The van der Waals surface area contributed by atoms with Crippen LogP contribution in [-0.2, 0) is 4.74 Å². The van der Waals surface area contributed by atoms with Gasteiger partial charge in [-0.2, -0.15) is 0 Å². The monoisotopic (exact) mass is 413 g/mol. The lowest BCUT2D eigenvalue weighted by Gasteiger charge is -2.44. The van der Waals surface area contributed by atoms with Crippen LogP contribution in [0.15, 0.2) is 30.3 Å². The van der Waals surface area contributed by atoms with Crippen molar-refractivity contribution in [2.24, 2.45) is 5.92 Å². The first-order valence-corrected chi connectivity index (χ1v) is 10.3. The molecule has 7 heteroatoms. The van der Waals surface area contributed by atoms with E-state index in [4.69, 9.17) is 28.4 Å². The quantitative estimate of drug-likeness (QED) is 0.763. The van der Waals surface area contributed by atoms with Crippen molar-refractivity contribution in [1.29, 1.82) is 0 Å². The topological polar surface area (TPSA) is 58.6 Å². The van der Waals surface area contributed by atoms with Crippen LogP contribution in [0.3, 0.4) is 0 Å².